The summed E-state index contributed by atoms with van der Waals surface area (Å²) in [5, 5.41) is 0. The molecule has 0 heterocycles. The van der Waals surface area contributed by atoms with Gasteiger partial charge < -0.3 is 0 Å². The first-order valence-electron chi connectivity index (χ1n) is 7.22. The van der Waals surface area contributed by atoms with Gasteiger partial charge in [-0.05, 0) is 24.8 Å². The van der Waals surface area contributed by atoms with Crippen LogP contribution in [0.3, 0.4) is 0 Å². The topological polar surface area (TPSA) is 0 Å². The van der Waals surface area contributed by atoms with E-state index in [0.717, 1.165) is 5.92 Å². The predicted molar refractivity (Wildman–Crippen MR) is 82.4 cm³/mol. The molecule has 0 aliphatic carbocycles. The number of hydrogen-bond acceptors (Lipinski definition) is 0. The van der Waals surface area contributed by atoms with Gasteiger partial charge in [0, 0.05) is 0 Å². The second-order valence-electron chi connectivity index (χ2n) is 4.12. The monoisotopic (exact) mass is 236 g/mol. The molecule has 0 fully saturated rings. The second-order valence-corrected chi connectivity index (χ2v) is 4.12. The molecule has 0 radical (unpaired) electrons. The number of rotatable bonds is 8. The summed E-state index contributed by atoms with van der Waals surface area (Å²) in [7, 11) is 0. The van der Waals surface area contributed by atoms with Gasteiger partial charge in [-0.25, -0.2) is 0 Å². The molecule has 0 N–H and O–H groups in total. The van der Waals surface area contributed by atoms with Crippen LogP contribution in [-0.4, -0.2) is 0 Å². The maximum Gasteiger partial charge on any atom is -0.0251 e. The summed E-state index contributed by atoms with van der Waals surface area (Å²) in [5.41, 5.74) is 1.38. The molecule has 0 aromatic carbocycles. The van der Waals surface area contributed by atoms with Gasteiger partial charge in [0.1, 0.15) is 0 Å². The average molecular weight is 236 g/mol. The largest absolute Gasteiger partial charge is 0.0988 e. The molecule has 0 aromatic heterocycles. The fourth-order valence-corrected chi connectivity index (χ4v) is 1.94. The van der Waals surface area contributed by atoms with Crippen LogP contribution >= 0.6 is 0 Å². The van der Waals surface area contributed by atoms with E-state index >= 15 is 0 Å². The van der Waals surface area contributed by atoms with Crippen LogP contribution in [0.1, 0.15) is 66.7 Å². The molecular weight excluding hydrogens is 204 g/mol. The first-order valence-corrected chi connectivity index (χ1v) is 7.22. The van der Waals surface area contributed by atoms with Crippen molar-refractivity contribution in [1.29, 1.82) is 0 Å². The molecule has 0 heteroatoms. The van der Waals surface area contributed by atoms with E-state index in [1.54, 1.807) is 0 Å². The maximum atomic E-state index is 3.89. The van der Waals surface area contributed by atoms with Crippen molar-refractivity contribution >= 4 is 0 Å². The van der Waals surface area contributed by atoms with Crippen LogP contribution in [0.2, 0.25) is 0 Å². The van der Waals surface area contributed by atoms with Gasteiger partial charge in [0.25, 0.3) is 0 Å². The van der Waals surface area contributed by atoms with Crippen LogP contribution in [0.4, 0.5) is 0 Å². The molecule has 0 rings (SSSR count). The molecule has 0 nitrogen and oxygen atoms in total. The molecule has 0 atom stereocenters. The lowest BCUT2D eigenvalue weighted by Gasteiger charge is -2.15. The van der Waals surface area contributed by atoms with Gasteiger partial charge >= 0.3 is 0 Å². The Kier molecular flexibility index (Phi) is 16.6. The lowest BCUT2D eigenvalue weighted by Crippen LogP contribution is -2.00. The van der Waals surface area contributed by atoms with E-state index in [0.29, 0.717) is 0 Å². The van der Waals surface area contributed by atoms with Gasteiger partial charge in [0.2, 0.25) is 0 Å². The van der Waals surface area contributed by atoms with E-state index in [1.807, 2.05) is 26.8 Å². The van der Waals surface area contributed by atoms with Crippen molar-refractivity contribution in [2.75, 3.05) is 0 Å². The molecule has 0 bridgehead atoms. The van der Waals surface area contributed by atoms with Crippen molar-refractivity contribution in [1.82, 2.24) is 0 Å². The minimum atomic E-state index is 0.842. The molecule has 0 aliphatic heterocycles. The standard InChI is InChI=1S/C15H26.C2H6/c1-5-9-12-14(8-4)13-15(10-6-2)11-7-3;1-2/h5,8-9,12,15H,4,6-7,10-11,13H2,1-3H3;1-2H3/b9-5-,14-12+;. The van der Waals surface area contributed by atoms with Gasteiger partial charge in [0.15, 0.2) is 0 Å². The van der Waals surface area contributed by atoms with Crippen LogP contribution in [0, 0.1) is 5.92 Å². The Morgan fingerprint density at radius 1 is 1.12 bits per heavy atom. The van der Waals surface area contributed by atoms with Crippen molar-refractivity contribution in [3.05, 3.63) is 36.5 Å². The highest BCUT2D eigenvalue weighted by Crippen LogP contribution is 2.22. The van der Waals surface area contributed by atoms with Crippen LogP contribution in [0.15, 0.2) is 36.5 Å². The van der Waals surface area contributed by atoms with E-state index < -0.39 is 0 Å². The first-order chi connectivity index (χ1) is 8.28. The Labute approximate surface area is 110 Å². The Morgan fingerprint density at radius 3 is 2.00 bits per heavy atom. The molecule has 0 amide bonds. The maximum absolute atomic E-state index is 3.89. The first kappa shape index (κ1) is 18.6. The molecule has 0 aromatic rings. The lowest BCUT2D eigenvalue weighted by atomic mass is 9.91. The fraction of sp³-hybridized carbons (Fsp3) is 0.647. The smallest absolute Gasteiger partial charge is 0.0251 e. The highest BCUT2D eigenvalue weighted by atomic mass is 14.1. The molecule has 0 aliphatic rings. The van der Waals surface area contributed by atoms with E-state index in [-0.39, 0.29) is 0 Å². The fourth-order valence-electron chi connectivity index (χ4n) is 1.94. The molecule has 100 valence electrons. The summed E-state index contributed by atoms with van der Waals surface area (Å²) in [6.07, 6.45) is 14.8. The van der Waals surface area contributed by atoms with Crippen molar-refractivity contribution in [2.24, 2.45) is 5.92 Å². The quantitative estimate of drug-likeness (QED) is 0.433. The molecule has 0 unspecified atom stereocenters. The van der Waals surface area contributed by atoms with Crippen molar-refractivity contribution in [3.8, 4) is 0 Å². The van der Waals surface area contributed by atoms with Crippen molar-refractivity contribution in [3.63, 3.8) is 0 Å². The molecule has 0 spiro atoms. The summed E-state index contributed by atoms with van der Waals surface area (Å²) in [4.78, 5) is 0. The minimum Gasteiger partial charge on any atom is -0.0988 e. The van der Waals surface area contributed by atoms with Gasteiger partial charge in [-0.3, -0.25) is 0 Å². The van der Waals surface area contributed by atoms with Gasteiger partial charge in [-0.1, -0.05) is 84.3 Å². The number of hydrogen-bond donors (Lipinski definition) is 0. The van der Waals surface area contributed by atoms with E-state index in [2.05, 4.69) is 38.7 Å². The Morgan fingerprint density at radius 2 is 1.65 bits per heavy atom. The summed E-state index contributed by atoms with van der Waals surface area (Å²) in [5.74, 6) is 0.842. The summed E-state index contributed by atoms with van der Waals surface area (Å²) in [6, 6.07) is 0. The zero-order chi connectivity index (χ0) is 13.5. The van der Waals surface area contributed by atoms with Gasteiger partial charge in [0.05, 0.1) is 0 Å². The van der Waals surface area contributed by atoms with Gasteiger partial charge in [-0.2, -0.15) is 0 Å². The average Bonchev–Trinajstić information content (AvgIpc) is 2.37. The third kappa shape index (κ3) is 11.5. The third-order valence-electron chi connectivity index (χ3n) is 2.68. The molecule has 0 saturated carbocycles. The highest BCUT2D eigenvalue weighted by molar-refractivity contribution is 5.22. The lowest BCUT2D eigenvalue weighted by molar-refractivity contribution is 0.439. The van der Waals surface area contributed by atoms with Crippen molar-refractivity contribution < 1.29 is 0 Å². The van der Waals surface area contributed by atoms with Crippen LogP contribution in [0.25, 0.3) is 0 Å². The zero-order valence-electron chi connectivity index (χ0n) is 12.6. The van der Waals surface area contributed by atoms with Gasteiger partial charge in [-0.15, -0.1) is 0 Å². The summed E-state index contributed by atoms with van der Waals surface area (Å²) in [6.45, 7) is 14.5. The van der Waals surface area contributed by atoms with Crippen LogP contribution in [0.5, 0.6) is 0 Å². The SMILES string of the molecule is C=C/C(=C\C=C/C)CC(CCC)CCC.CC. The van der Waals surface area contributed by atoms with E-state index in [9.17, 15) is 0 Å². The summed E-state index contributed by atoms with van der Waals surface area (Å²) < 4.78 is 0. The Hall–Kier alpha value is -0.780. The molecule has 0 saturated heterocycles. The second kappa shape index (κ2) is 15.2. The Bertz CT molecular complexity index is 202. The normalized spacial score (nSPS) is 11.5. The van der Waals surface area contributed by atoms with E-state index in [1.165, 1.54) is 37.7 Å². The third-order valence-corrected chi connectivity index (χ3v) is 2.68. The Balaban J connectivity index is 0. The van der Waals surface area contributed by atoms with E-state index in [4.69, 9.17) is 0 Å². The zero-order valence-corrected chi connectivity index (χ0v) is 12.6. The highest BCUT2D eigenvalue weighted by Gasteiger charge is 2.07. The molecular formula is C17H32. The predicted octanol–water partition coefficient (Wildman–Crippen LogP) is 6.31. The number of allylic oxidation sites excluding steroid dienone is 5. The summed E-state index contributed by atoms with van der Waals surface area (Å²) >= 11 is 0. The minimum absolute atomic E-state index is 0.842. The molecule has 17 heavy (non-hydrogen) atoms. The van der Waals surface area contributed by atoms with Crippen LogP contribution < -0.4 is 0 Å². The van der Waals surface area contributed by atoms with Crippen LogP contribution in [-0.2, 0) is 0 Å². The van der Waals surface area contributed by atoms with Crippen molar-refractivity contribution in [2.45, 2.75) is 66.7 Å².